The molecule has 1 fully saturated rings. The molecule has 1 aromatic carbocycles. The zero-order valence-corrected chi connectivity index (χ0v) is 14.2. The molecule has 1 atom stereocenters. The summed E-state index contributed by atoms with van der Waals surface area (Å²) in [6.45, 7) is 5.75. The van der Waals surface area contributed by atoms with Gasteiger partial charge in [0, 0.05) is 17.6 Å². The molecule has 1 aliphatic rings. The molecule has 0 spiro atoms. The van der Waals surface area contributed by atoms with Crippen molar-refractivity contribution >= 4 is 21.8 Å². The molecule has 0 radical (unpaired) electrons. The van der Waals surface area contributed by atoms with Crippen molar-refractivity contribution in [2.24, 2.45) is 0 Å². The zero-order chi connectivity index (χ0) is 15.7. The fourth-order valence-electron chi connectivity index (χ4n) is 2.64. The van der Waals surface area contributed by atoms with E-state index in [4.69, 9.17) is 4.74 Å². The van der Waals surface area contributed by atoms with E-state index in [0.29, 0.717) is 25.3 Å². The summed E-state index contributed by atoms with van der Waals surface area (Å²) in [5.41, 5.74) is 2.44. The minimum atomic E-state index is 0.0241. The summed E-state index contributed by atoms with van der Waals surface area (Å²) in [5, 5.41) is 4.37. The molecular formula is C16H18BrN3O2. The van der Waals surface area contributed by atoms with Gasteiger partial charge in [-0.05, 0) is 38.1 Å². The smallest absolute Gasteiger partial charge is 0.257 e. The number of benzene rings is 1. The topological polar surface area (TPSA) is 47.4 Å². The van der Waals surface area contributed by atoms with Gasteiger partial charge in [-0.15, -0.1) is 0 Å². The number of nitrogens with zero attached hydrogens (tertiary/aromatic N) is 3. The number of carbonyl (C=O) groups excluding carboxylic acids is 1. The third-order valence-electron chi connectivity index (χ3n) is 3.84. The van der Waals surface area contributed by atoms with E-state index in [2.05, 4.69) is 21.0 Å². The van der Waals surface area contributed by atoms with Crippen LogP contribution < -0.4 is 0 Å². The number of hydrogen-bond acceptors (Lipinski definition) is 3. The van der Waals surface area contributed by atoms with Gasteiger partial charge in [0.1, 0.15) is 0 Å². The first-order chi connectivity index (χ1) is 10.6. The lowest BCUT2D eigenvalue weighted by atomic mass is 10.2. The van der Waals surface area contributed by atoms with E-state index in [1.165, 1.54) is 0 Å². The molecule has 1 unspecified atom stereocenters. The van der Waals surface area contributed by atoms with E-state index in [1.54, 1.807) is 10.9 Å². The van der Waals surface area contributed by atoms with Crippen molar-refractivity contribution in [3.05, 3.63) is 46.2 Å². The van der Waals surface area contributed by atoms with Gasteiger partial charge in [0.05, 0.1) is 35.9 Å². The van der Waals surface area contributed by atoms with Gasteiger partial charge in [0.25, 0.3) is 5.91 Å². The van der Waals surface area contributed by atoms with Gasteiger partial charge < -0.3 is 9.64 Å². The molecule has 1 aromatic heterocycles. The van der Waals surface area contributed by atoms with Gasteiger partial charge in [0.15, 0.2) is 0 Å². The first-order valence-corrected chi connectivity index (χ1v) is 8.07. The van der Waals surface area contributed by atoms with Crippen LogP contribution in [0.5, 0.6) is 0 Å². The normalized spacial score (nSPS) is 18.5. The van der Waals surface area contributed by atoms with E-state index in [1.807, 2.05) is 43.0 Å². The SMILES string of the molecule is Cc1c(C(=O)N2CCOC(C)C2)cnn1-c1ccc(Br)cc1. The molecule has 116 valence electrons. The molecule has 1 amide bonds. The molecule has 22 heavy (non-hydrogen) atoms. The molecule has 0 bridgehead atoms. The molecule has 3 rings (SSSR count). The highest BCUT2D eigenvalue weighted by atomic mass is 79.9. The number of morpholine rings is 1. The first kappa shape index (κ1) is 15.2. The van der Waals surface area contributed by atoms with Crippen LogP contribution in [0.25, 0.3) is 5.69 Å². The Balaban J connectivity index is 1.86. The number of aromatic nitrogens is 2. The average Bonchev–Trinajstić information content (AvgIpc) is 2.89. The van der Waals surface area contributed by atoms with Gasteiger partial charge in [-0.1, -0.05) is 15.9 Å². The minimum Gasteiger partial charge on any atom is -0.375 e. The number of carbonyl (C=O) groups is 1. The van der Waals surface area contributed by atoms with Crippen molar-refractivity contribution in [3.63, 3.8) is 0 Å². The van der Waals surface area contributed by atoms with Crippen molar-refractivity contribution in [1.82, 2.24) is 14.7 Å². The predicted molar refractivity (Wildman–Crippen MR) is 87.3 cm³/mol. The Kier molecular flexibility index (Phi) is 4.31. The van der Waals surface area contributed by atoms with Crippen LogP contribution >= 0.6 is 15.9 Å². The van der Waals surface area contributed by atoms with Crippen LogP contribution in [-0.2, 0) is 4.74 Å². The van der Waals surface area contributed by atoms with Crippen LogP contribution in [0, 0.1) is 6.92 Å². The highest BCUT2D eigenvalue weighted by molar-refractivity contribution is 9.10. The molecule has 0 saturated carbocycles. The van der Waals surface area contributed by atoms with E-state index in [-0.39, 0.29) is 12.0 Å². The van der Waals surface area contributed by atoms with E-state index >= 15 is 0 Å². The fourth-order valence-corrected chi connectivity index (χ4v) is 2.90. The molecular weight excluding hydrogens is 346 g/mol. The Bertz CT molecular complexity index is 681. The molecule has 1 saturated heterocycles. The lowest BCUT2D eigenvalue weighted by Crippen LogP contribution is -2.44. The van der Waals surface area contributed by atoms with Gasteiger partial charge in [0.2, 0.25) is 0 Å². The van der Waals surface area contributed by atoms with Crippen molar-refractivity contribution in [3.8, 4) is 5.69 Å². The lowest BCUT2D eigenvalue weighted by molar-refractivity contribution is -0.0124. The van der Waals surface area contributed by atoms with Crippen LogP contribution in [-0.4, -0.2) is 46.4 Å². The molecule has 5 nitrogen and oxygen atoms in total. The van der Waals surface area contributed by atoms with Gasteiger partial charge in [-0.25, -0.2) is 4.68 Å². The summed E-state index contributed by atoms with van der Waals surface area (Å²) >= 11 is 3.42. The number of ether oxygens (including phenoxy) is 1. The third kappa shape index (κ3) is 2.94. The van der Waals surface area contributed by atoms with Crippen molar-refractivity contribution < 1.29 is 9.53 Å². The average molecular weight is 364 g/mol. The first-order valence-electron chi connectivity index (χ1n) is 7.27. The second-order valence-corrected chi connectivity index (χ2v) is 6.38. The monoisotopic (exact) mass is 363 g/mol. The summed E-state index contributed by atoms with van der Waals surface area (Å²) in [6, 6.07) is 7.85. The predicted octanol–water partition coefficient (Wildman–Crippen LogP) is 2.80. The van der Waals surface area contributed by atoms with Crippen molar-refractivity contribution in [2.75, 3.05) is 19.7 Å². The molecule has 6 heteroatoms. The van der Waals surface area contributed by atoms with Crippen LogP contribution in [0.4, 0.5) is 0 Å². The largest absolute Gasteiger partial charge is 0.375 e. The molecule has 0 aliphatic carbocycles. The van der Waals surface area contributed by atoms with E-state index in [0.717, 1.165) is 15.9 Å². The molecule has 1 aliphatic heterocycles. The molecule has 2 aromatic rings. The van der Waals surface area contributed by atoms with Gasteiger partial charge in [-0.3, -0.25) is 4.79 Å². The molecule has 2 heterocycles. The summed E-state index contributed by atoms with van der Waals surface area (Å²) in [7, 11) is 0. The highest BCUT2D eigenvalue weighted by Crippen LogP contribution is 2.19. The number of hydrogen-bond donors (Lipinski definition) is 0. The van der Waals surface area contributed by atoms with Crippen molar-refractivity contribution in [1.29, 1.82) is 0 Å². The lowest BCUT2D eigenvalue weighted by Gasteiger charge is -2.31. The maximum Gasteiger partial charge on any atom is 0.257 e. The molecule has 0 N–H and O–H groups in total. The Morgan fingerprint density at radius 2 is 2.09 bits per heavy atom. The Morgan fingerprint density at radius 1 is 1.36 bits per heavy atom. The van der Waals surface area contributed by atoms with E-state index in [9.17, 15) is 4.79 Å². The second-order valence-electron chi connectivity index (χ2n) is 5.46. The summed E-state index contributed by atoms with van der Waals surface area (Å²) in [5.74, 6) is 0.0241. The van der Waals surface area contributed by atoms with Crippen LogP contribution in [0.15, 0.2) is 34.9 Å². The quantitative estimate of drug-likeness (QED) is 0.823. The van der Waals surface area contributed by atoms with Crippen LogP contribution in [0.3, 0.4) is 0 Å². The third-order valence-corrected chi connectivity index (χ3v) is 4.37. The van der Waals surface area contributed by atoms with Crippen molar-refractivity contribution in [2.45, 2.75) is 20.0 Å². The number of amides is 1. The van der Waals surface area contributed by atoms with Gasteiger partial charge in [-0.2, -0.15) is 5.10 Å². The van der Waals surface area contributed by atoms with Crippen LogP contribution in [0.1, 0.15) is 23.0 Å². The minimum absolute atomic E-state index is 0.0241. The summed E-state index contributed by atoms with van der Waals surface area (Å²) in [4.78, 5) is 14.5. The Labute approximate surface area is 138 Å². The number of rotatable bonds is 2. The second kappa shape index (κ2) is 6.22. The Morgan fingerprint density at radius 3 is 2.77 bits per heavy atom. The van der Waals surface area contributed by atoms with Crippen LogP contribution in [0.2, 0.25) is 0 Å². The maximum atomic E-state index is 12.7. The zero-order valence-electron chi connectivity index (χ0n) is 12.6. The van der Waals surface area contributed by atoms with E-state index < -0.39 is 0 Å². The van der Waals surface area contributed by atoms with Gasteiger partial charge >= 0.3 is 0 Å². The summed E-state index contributed by atoms with van der Waals surface area (Å²) in [6.07, 6.45) is 1.74. The Hall–Kier alpha value is -1.66. The maximum absolute atomic E-state index is 12.7. The standard InChI is InChI=1S/C16H18BrN3O2/c1-11-10-19(7-8-22-11)16(21)15-9-18-20(12(15)2)14-5-3-13(17)4-6-14/h3-6,9,11H,7-8,10H2,1-2H3. The highest BCUT2D eigenvalue weighted by Gasteiger charge is 2.25. The number of halogens is 1. The fraction of sp³-hybridized carbons (Fsp3) is 0.375. The summed E-state index contributed by atoms with van der Waals surface area (Å²) < 4.78 is 8.30.